The van der Waals surface area contributed by atoms with Crippen molar-refractivity contribution in [2.75, 3.05) is 0 Å². The zero-order valence-electron chi connectivity index (χ0n) is 8.32. The summed E-state index contributed by atoms with van der Waals surface area (Å²) in [6.07, 6.45) is 0. The average Bonchev–Trinajstić information content (AvgIpc) is 2.10. The van der Waals surface area contributed by atoms with Gasteiger partial charge < -0.3 is 0 Å². The Bertz CT molecular complexity index is 343. The summed E-state index contributed by atoms with van der Waals surface area (Å²) in [6.45, 7) is 0. The van der Waals surface area contributed by atoms with Gasteiger partial charge in [-0.1, -0.05) is 248 Å². The molecule has 14 heteroatoms. The fourth-order valence-electron chi connectivity index (χ4n) is 0.920. The minimum absolute atomic E-state index is 0.0199. The van der Waals surface area contributed by atoms with Crippen molar-refractivity contribution < 1.29 is 5.11 Å². The Morgan fingerprint density at radius 3 is 0.900 bits per heavy atom. The van der Waals surface area contributed by atoms with Crippen LogP contribution in [-0.2, 0) is 5.11 Å². The summed E-state index contributed by atoms with van der Waals surface area (Å²) >= 11 is 31.2. The monoisotopic (exact) mass is 1740 g/mol. The normalized spacial score (nSPS) is 18.9. The van der Waals surface area contributed by atoms with Gasteiger partial charge in [-0.15, -0.1) is 0 Å². The first kappa shape index (κ1) is 29.5. The van der Waals surface area contributed by atoms with Gasteiger partial charge in [-0.2, -0.15) is 0 Å². The van der Waals surface area contributed by atoms with E-state index in [9.17, 15) is 5.11 Å². The summed E-state index contributed by atoms with van der Waals surface area (Å²) in [6, 6.07) is 0. The van der Waals surface area contributed by atoms with Crippen molar-refractivity contribution in [3.63, 3.8) is 0 Å². The first-order chi connectivity index (χ1) is 8.25. The Morgan fingerprint density at radius 2 is 0.750 bits per heavy atom. The van der Waals surface area contributed by atoms with Gasteiger partial charge in [0.25, 0.3) is 0 Å². The second kappa shape index (κ2) is 10.4. The Morgan fingerprint density at radius 1 is 0.450 bits per heavy atom. The van der Waals surface area contributed by atoms with Crippen LogP contribution in [0, 0.1) is 0 Å². The lowest BCUT2D eigenvalue weighted by molar-refractivity contribution is 0.138. The van der Waals surface area contributed by atoms with Crippen molar-refractivity contribution in [3.8, 4) is 0 Å². The largest absolute Gasteiger partial charge is 0.223 e. The average molecular weight is 1740 g/mol. The topological polar surface area (TPSA) is 19.9 Å². The molecule has 0 bridgehead atoms. The molecular formula is C6I13O. The molecule has 1 atom stereocenters. The predicted octanol–water partition coefficient (Wildman–Crippen LogP) is 10.2. The molecule has 0 saturated carbocycles. The van der Waals surface area contributed by atoms with E-state index in [1.807, 2.05) is 0 Å². The molecule has 0 aromatic rings. The third-order valence-corrected chi connectivity index (χ3v) is 34.8. The van der Waals surface area contributed by atoms with Crippen LogP contribution in [0.1, 0.15) is 0 Å². The molecule has 20 heavy (non-hydrogen) atoms. The Kier molecular flexibility index (Phi) is 15.3. The highest BCUT2D eigenvalue weighted by Crippen LogP contribution is 2.76. The molecule has 0 aromatic carbocycles. The van der Waals surface area contributed by atoms with E-state index < -0.39 is 5.04 Å². The van der Waals surface area contributed by atoms with Gasteiger partial charge in [-0.25, -0.2) is 5.11 Å². The standard InChI is InChI=1S/C6I13O/c7-1(4(12,13)14,6(18,19)20)2(8,9)3(10,11)5(15,16)17. The summed E-state index contributed by atoms with van der Waals surface area (Å²) in [5.41, 5.74) is 0. The van der Waals surface area contributed by atoms with E-state index in [1.54, 1.807) is 0 Å². The van der Waals surface area contributed by atoms with Crippen LogP contribution >= 0.6 is 294 Å². The molecule has 0 rings (SSSR count). The third kappa shape index (κ3) is 6.48. The van der Waals surface area contributed by atoms with Gasteiger partial charge in [-0.05, 0) is 45.2 Å². The van der Waals surface area contributed by atoms with Gasteiger partial charge in [0.15, 0.2) is 0 Å². The van der Waals surface area contributed by atoms with Gasteiger partial charge in [0.1, 0.15) is 5.15 Å². The second-order valence-corrected chi connectivity index (χ2v) is 42.7. The summed E-state index contributed by atoms with van der Waals surface area (Å²) in [7, 11) is 0. The molecule has 0 aliphatic carbocycles. The third-order valence-electron chi connectivity index (χ3n) is 1.97. The maximum atomic E-state index is 13.1. The zero-order chi connectivity index (χ0) is 17.0. The summed E-state index contributed by atoms with van der Waals surface area (Å²) in [4.78, 5) is 0. The Labute approximate surface area is 296 Å². The number of halogens is 13. The fourth-order valence-corrected chi connectivity index (χ4v) is 22.1. The summed E-state index contributed by atoms with van der Waals surface area (Å²) in [5, 5.41) is 13.1. The molecular weight excluding hydrogens is 1740 g/mol. The molecule has 1 unspecified atom stereocenters. The second-order valence-electron chi connectivity index (χ2n) is 3.32. The molecule has 121 valence electrons. The van der Waals surface area contributed by atoms with Crippen LogP contribution in [-0.4, -0.2) is 6.76 Å². The highest BCUT2D eigenvalue weighted by molar-refractivity contribution is 14.3. The van der Waals surface area contributed by atoms with E-state index in [0.29, 0.717) is 0 Å². The molecule has 1 radical (unpaired) electrons. The summed E-state index contributed by atoms with van der Waals surface area (Å²) in [5.74, 6) is 0. The highest BCUT2D eigenvalue weighted by Gasteiger charge is 2.75. The van der Waals surface area contributed by atoms with Crippen LogP contribution in [0.25, 0.3) is 0 Å². The molecule has 1 nitrogen and oxygen atoms in total. The number of hydrogen-bond acceptors (Lipinski definition) is 0. The highest BCUT2D eigenvalue weighted by atomic mass is 127. The molecule has 0 aliphatic rings. The van der Waals surface area contributed by atoms with Crippen LogP contribution in [0.3, 0.4) is 0 Å². The van der Waals surface area contributed by atoms with Crippen LogP contribution < -0.4 is 0 Å². The van der Waals surface area contributed by atoms with Gasteiger partial charge in [0, 0.05) is 0 Å². The van der Waals surface area contributed by atoms with Gasteiger partial charge >= 0.3 is 0 Å². The lowest BCUT2D eigenvalue weighted by Crippen LogP contribution is -2.66. The van der Waals surface area contributed by atoms with Crippen molar-refractivity contribution in [2.24, 2.45) is 0 Å². The molecule has 0 fully saturated rings. The van der Waals surface area contributed by atoms with Crippen LogP contribution in [0.5, 0.6) is 0 Å². The van der Waals surface area contributed by atoms with Gasteiger partial charge in [0.05, 0.1) is 0 Å². The minimum Gasteiger partial charge on any atom is -0.205 e. The van der Waals surface area contributed by atoms with Crippen molar-refractivity contribution in [1.82, 2.24) is 0 Å². The maximum absolute atomic E-state index is 13.1. The zero-order valence-corrected chi connectivity index (χ0v) is 36.4. The molecule has 0 heterocycles. The van der Waals surface area contributed by atoms with Crippen molar-refractivity contribution in [1.29, 1.82) is 0 Å². The lowest BCUT2D eigenvalue weighted by atomic mass is 10.1. The van der Waals surface area contributed by atoms with Gasteiger partial charge in [0.2, 0.25) is 1.61 Å². The smallest absolute Gasteiger partial charge is 0.205 e. The molecule has 0 amide bonds. The van der Waals surface area contributed by atoms with E-state index in [2.05, 4.69) is 294 Å². The predicted molar refractivity (Wildman–Crippen MR) is 199 cm³/mol. The summed E-state index contributed by atoms with van der Waals surface area (Å²) < 4.78 is -2.26. The molecule has 0 spiro atoms. The van der Waals surface area contributed by atoms with Crippen molar-refractivity contribution in [3.05, 3.63) is 0 Å². The molecule has 0 N–H and O–H groups in total. The van der Waals surface area contributed by atoms with E-state index in [4.69, 9.17) is 0 Å². The lowest BCUT2D eigenvalue weighted by Gasteiger charge is -2.55. The first-order valence-corrected chi connectivity index (χ1v) is 17.9. The Balaban J connectivity index is 6.38. The van der Waals surface area contributed by atoms with E-state index in [1.165, 1.54) is 0 Å². The van der Waals surface area contributed by atoms with E-state index in [0.717, 1.165) is 0 Å². The van der Waals surface area contributed by atoms with Crippen LogP contribution in [0.4, 0.5) is 0 Å². The SMILES string of the molecule is [O]C(I)(I)C(I)(C(I)(I)I)C(I)(I)C(I)(I)C(I)(I)I. The first-order valence-electron chi connectivity index (χ1n) is 3.91. The van der Waals surface area contributed by atoms with E-state index >= 15 is 0 Å². The number of hydrogen-bond donors (Lipinski definition) is 0. The quantitative estimate of drug-likeness (QED) is 0.193. The maximum Gasteiger partial charge on any atom is 0.223 e. The molecule has 0 aromatic heterocycles. The fraction of sp³-hybridized carbons (Fsp3) is 1.00. The molecule has 0 saturated heterocycles. The molecule has 0 aliphatic heterocycles. The van der Waals surface area contributed by atoms with Gasteiger partial charge in [-0.3, -0.25) is 0 Å². The van der Waals surface area contributed by atoms with Crippen molar-refractivity contribution >= 4 is 294 Å². The van der Waals surface area contributed by atoms with Crippen molar-refractivity contribution in [2.45, 2.75) is 6.76 Å². The van der Waals surface area contributed by atoms with E-state index in [-0.39, 0.29) is 1.73 Å². The Hall–Kier alpha value is 9.45. The van der Waals surface area contributed by atoms with Crippen LogP contribution in [0.2, 0.25) is 0 Å². The number of rotatable bonds is 5. The minimum atomic E-state index is -1.13. The van der Waals surface area contributed by atoms with Crippen LogP contribution in [0.15, 0.2) is 0 Å². The number of alkyl halides is 13.